The summed E-state index contributed by atoms with van der Waals surface area (Å²) in [6.45, 7) is 0. The number of likely N-dealkylation sites (N-methyl/N-ethyl adjacent to an activating group) is 1. The summed E-state index contributed by atoms with van der Waals surface area (Å²) in [5.74, 6) is -2.13. The second-order valence-electron chi connectivity index (χ2n) is 5.47. The lowest BCUT2D eigenvalue weighted by Crippen LogP contribution is -2.24. The van der Waals surface area contributed by atoms with Gasteiger partial charge in [-0.1, -0.05) is 40.2 Å². The van der Waals surface area contributed by atoms with Crippen molar-refractivity contribution in [1.82, 2.24) is 4.90 Å². The first-order chi connectivity index (χ1) is 11.4. The van der Waals surface area contributed by atoms with Crippen LogP contribution in [0.4, 0.5) is 4.39 Å². The number of ketones is 1. The second kappa shape index (κ2) is 6.20. The molecule has 1 fully saturated rings. The number of benzene rings is 2. The number of hydrogen-bond acceptors (Lipinski definition) is 3. The molecule has 0 aromatic heterocycles. The molecule has 1 saturated heterocycles. The van der Waals surface area contributed by atoms with Crippen molar-refractivity contribution in [2.24, 2.45) is 0 Å². The third-order valence-electron chi connectivity index (χ3n) is 3.98. The number of likely N-dealkylation sites (tertiary alicyclic amines) is 1. The van der Waals surface area contributed by atoms with Gasteiger partial charge >= 0.3 is 0 Å². The summed E-state index contributed by atoms with van der Waals surface area (Å²) in [7, 11) is 1.48. The third kappa shape index (κ3) is 2.73. The number of aliphatic hydroxyl groups excluding tert-OH is 1. The molecule has 0 aliphatic carbocycles. The summed E-state index contributed by atoms with van der Waals surface area (Å²) in [5.41, 5.74) is 0.977. The number of aliphatic hydroxyl groups is 1. The van der Waals surface area contributed by atoms with Crippen molar-refractivity contribution in [3.8, 4) is 0 Å². The molecule has 0 unspecified atom stereocenters. The van der Waals surface area contributed by atoms with Crippen LogP contribution in [-0.4, -0.2) is 28.7 Å². The number of amides is 1. The molecule has 1 heterocycles. The highest BCUT2D eigenvalue weighted by molar-refractivity contribution is 9.10. The van der Waals surface area contributed by atoms with Gasteiger partial charge in [-0.05, 0) is 29.8 Å². The van der Waals surface area contributed by atoms with Gasteiger partial charge in [-0.2, -0.15) is 0 Å². The Labute approximate surface area is 146 Å². The van der Waals surface area contributed by atoms with E-state index in [1.54, 1.807) is 24.3 Å². The molecule has 1 atom stereocenters. The van der Waals surface area contributed by atoms with Gasteiger partial charge in [0.25, 0.3) is 11.7 Å². The highest BCUT2D eigenvalue weighted by atomic mass is 79.9. The van der Waals surface area contributed by atoms with E-state index in [4.69, 9.17) is 0 Å². The molecule has 6 heteroatoms. The number of halogens is 2. The highest BCUT2D eigenvalue weighted by Crippen LogP contribution is 2.38. The quantitative estimate of drug-likeness (QED) is 0.484. The average Bonchev–Trinajstić information content (AvgIpc) is 2.80. The molecule has 1 amide bonds. The zero-order valence-electron chi connectivity index (χ0n) is 12.7. The Morgan fingerprint density at radius 3 is 2.25 bits per heavy atom. The van der Waals surface area contributed by atoms with Gasteiger partial charge in [-0.25, -0.2) is 4.39 Å². The Morgan fingerprint density at radius 2 is 1.67 bits per heavy atom. The molecule has 2 aromatic rings. The first-order valence-electron chi connectivity index (χ1n) is 7.16. The molecular formula is C18H13BrFNO3. The Balaban J connectivity index is 2.16. The first-order valence-corrected chi connectivity index (χ1v) is 7.95. The molecule has 2 aromatic carbocycles. The van der Waals surface area contributed by atoms with E-state index in [2.05, 4.69) is 15.9 Å². The lowest BCUT2D eigenvalue weighted by Gasteiger charge is -2.21. The van der Waals surface area contributed by atoms with Crippen LogP contribution >= 0.6 is 15.9 Å². The van der Waals surface area contributed by atoms with Crippen molar-refractivity contribution in [3.05, 3.63) is 75.5 Å². The van der Waals surface area contributed by atoms with E-state index in [9.17, 15) is 19.1 Å². The molecule has 4 nitrogen and oxygen atoms in total. The van der Waals surface area contributed by atoms with Crippen LogP contribution < -0.4 is 0 Å². The number of hydrogen-bond donors (Lipinski definition) is 1. The fraction of sp³-hybridized carbons (Fsp3) is 0.111. The monoisotopic (exact) mass is 389 g/mol. The predicted molar refractivity (Wildman–Crippen MR) is 90.6 cm³/mol. The van der Waals surface area contributed by atoms with Crippen molar-refractivity contribution in [1.29, 1.82) is 0 Å². The highest BCUT2D eigenvalue weighted by Gasteiger charge is 2.44. The minimum Gasteiger partial charge on any atom is -0.507 e. The van der Waals surface area contributed by atoms with Crippen molar-refractivity contribution in [2.45, 2.75) is 6.04 Å². The lowest BCUT2D eigenvalue weighted by atomic mass is 9.95. The van der Waals surface area contributed by atoms with Crippen LogP contribution in [-0.2, 0) is 9.59 Å². The zero-order chi connectivity index (χ0) is 17.4. The smallest absolute Gasteiger partial charge is 0.295 e. The predicted octanol–water partition coefficient (Wildman–Crippen LogP) is 3.64. The summed E-state index contributed by atoms with van der Waals surface area (Å²) in [4.78, 5) is 25.7. The number of carbonyl (C=O) groups excluding carboxylic acids is 2. The van der Waals surface area contributed by atoms with E-state index >= 15 is 0 Å². The van der Waals surface area contributed by atoms with Crippen LogP contribution in [0.2, 0.25) is 0 Å². The van der Waals surface area contributed by atoms with Gasteiger partial charge in [-0.3, -0.25) is 9.59 Å². The minimum atomic E-state index is -0.757. The van der Waals surface area contributed by atoms with Gasteiger partial charge in [0.2, 0.25) is 0 Å². The number of nitrogens with zero attached hydrogens (tertiary/aromatic N) is 1. The Bertz CT molecular complexity index is 844. The van der Waals surface area contributed by atoms with Crippen LogP contribution in [0.25, 0.3) is 5.76 Å². The van der Waals surface area contributed by atoms with Crippen molar-refractivity contribution >= 4 is 33.4 Å². The van der Waals surface area contributed by atoms with E-state index in [1.165, 1.54) is 36.2 Å². The summed E-state index contributed by atoms with van der Waals surface area (Å²) in [6.07, 6.45) is 0. The van der Waals surface area contributed by atoms with Gasteiger partial charge in [0.1, 0.15) is 11.6 Å². The van der Waals surface area contributed by atoms with Crippen LogP contribution in [0.15, 0.2) is 58.6 Å². The Kier molecular flexibility index (Phi) is 4.24. The molecular weight excluding hydrogens is 377 g/mol. The lowest BCUT2D eigenvalue weighted by molar-refractivity contribution is -0.139. The van der Waals surface area contributed by atoms with Crippen molar-refractivity contribution in [3.63, 3.8) is 0 Å². The standard InChI is InChI=1S/C18H13BrFNO3/c1-21-15(10-4-8-13(20)9-5-10)14(17(23)18(21)24)16(22)11-2-6-12(19)7-3-11/h2-9,15,22H,1H3/b16-14+/t15-/m0/s1. The normalized spacial score (nSPS) is 19.8. The molecule has 0 spiro atoms. The molecule has 1 aliphatic heterocycles. The summed E-state index contributed by atoms with van der Waals surface area (Å²) < 4.78 is 14.0. The van der Waals surface area contributed by atoms with Gasteiger partial charge < -0.3 is 10.0 Å². The SMILES string of the molecule is CN1C(=O)C(=O)/C(=C(/O)c2ccc(Br)cc2)[C@@H]1c1ccc(F)cc1. The molecule has 122 valence electrons. The second-order valence-corrected chi connectivity index (χ2v) is 6.38. The largest absolute Gasteiger partial charge is 0.507 e. The molecule has 1 N–H and O–H groups in total. The fourth-order valence-electron chi connectivity index (χ4n) is 2.75. The molecule has 1 aliphatic rings. The van der Waals surface area contributed by atoms with Gasteiger partial charge in [0.05, 0.1) is 11.6 Å². The van der Waals surface area contributed by atoms with Crippen LogP contribution in [0.3, 0.4) is 0 Å². The minimum absolute atomic E-state index is 0.00330. The van der Waals surface area contributed by atoms with Crippen LogP contribution in [0, 0.1) is 5.82 Å². The van der Waals surface area contributed by atoms with E-state index < -0.39 is 23.5 Å². The average molecular weight is 390 g/mol. The van der Waals surface area contributed by atoms with E-state index in [1.807, 2.05) is 0 Å². The summed E-state index contributed by atoms with van der Waals surface area (Å²) >= 11 is 3.30. The molecule has 0 saturated carbocycles. The van der Waals surface area contributed by atoms with Crippen LogP contribution in [0.5, 0.6) is 0 Å². The van der Waals surface area contributed by atoms with E-state index in [0.29, 0.717) is 11.1 Å². The zero-order valence-corrected chi connectivity index (χ0v) is 14.2. The number of rotatable bonds is 2. The van der Waals surface area contributed by atoms with E-state index in [-0.39, 0.29) is 11.3 Å². The maximum absolute atomic E-state index is 13.2. The van der Waals surface area contributed by atoms with Crippen LogP contribution in [0.1, 0.15) is 17.2 Å². The van der Waals surface area contributed by atoms with Crippen molar-refractivity contribution in [2.75, 3.05) is 7.05 Å². The van der Waals surface area contributed by atoms with Gasteiger partial charge in [0.15, 0.2) is 0 Å². The molecule has 24 heavy (non-hydrogen) atoms. The molecule has 3 rings (SSSR count). The maximum Gasteiger partial charge on any atom is 0.295 e. The Morgan fingerprint density at radius 1 is 1.08 bits per heavy atom. The third-order valence-corrected chi connectivity index (χ3v) is 4.51. The summed E-state index contributed by atoms with van der Waals surface area (Å²) in [5, 5.41) is 10.6. The number of carbonyl (C=O) groups is 2. The summed E-state index contributed by atoms with van der Waals surface area (Å²) in [6, 6.07) is 11.5. The topological polar surface area (TPSA) is 57.6 Å². The van der Waals surface area contributed by atoms with Gasteiger partial charge in [0, 0.05) is 17.1 Å². The van der Waals surface area contributed by atoms with E-state index in [0.717, 1.165) is 4.47 Å². The molecule has 0 radical (unpaired) electrons. The fourth-order valence-corrected chi connectivity index (χ4v) is 3.01. The first kappa shape index (κ1) is 16.4. The van der Waals surface area contributed by atoms with Crippen molar-refractivity contribution < 1.29 is 19.1 Å². The van der Waals surface area contributed by atoms with Gasteiger partial charge in [-0.15, -0.1) is 0 Å². The molecule has 0 bridgehead atoms. The maximum atomic E-state index is 13.2. The number of Topliss-reactive ketones (excluding diaryl/α,β-unsaturated/α-hetero) is 1. The Hall–Kier alpha value is -2.47.